The van der Waals surface area contributed by atoms with E-state index < -0.39 is 5.67 Å². The van der Waals surface area contributed by atoms with Crippen LogP contribution in [0.2, 0.25) is 0 Å². The summed E-state index contributed by atoms with van der Waals surface area (Å²) in [5, 5.41) is 0. The SMILES string of the molecule is COc1cc(C(C)CCN)cc(C(C)(C)F)c1OC. The van der Waals surface area contributed by atoms with Crippen molar-refractivity contribution in [1.29, 1.82) is 0 Å². The summed E-state index contributed by atoms with van der Waals surface area (Å²) < 4.78 is 25.0. The summed E-state index contributed by atoms with van der Waals surface area (Å²) >= 11 is 0. The first-order valence-corrected chi connectivity index (χ1v) is 6.50. The Labute approximate surface area is 114 Å². The van der Waals surface area contributed by atoms with E-state index in [1.54, 1.807) is 7.11 Å². The summed E-state index contributed by atoms with van der Waals surface area (Å²) in [5.74, 6) is 1.27. The third kappa shape index (κ3) is 3.60. The maximum Gasteiger partial charge on any atom is 0.167 e. The van der Waals surface area contributed by atoms with Gasteiger partial charge in [0.15, 0.2) is 11.5 Å². The Morgan fingerprint density at radius 3 is 2.32 bits per heavy atom. The highest BCUT2D eigenvalue weighted by molar-refractivity contribution is 5.52. The summed E-state index contributed by atoms with van der Waals surface area (Å²) in [4.78, 5) is 0. The van der Waals surface area contributed by atoms with Gasteiger partial charge in [-0.1, -0.05) is 6.92 Å². The molecule has 1 rings (SSSR count). The minimum atomic E-state index is -1.49. The molecule has 1 aromatic carbocycles. The van der Waals surface area contributed by atoms with Crippen molar-refractivity contribution in [1.82, 2.24) is 0 Å². The van der Waals surface area contributed by atoms with E-state index in [1.165, 1.54) is 21.0 Å². The minimum Gasteiger partial charge on any atom is -0.493 e. The number of hydrogen-bond donors (Lipinski definition) is 1. The van der Waals surface area contributed by atoms with Gasteiger partial charge in [0.1, 0.15) is 5.67 Å². The standard InChI is InChI=1S/C15H24FNO2/c1-10(6-7-17)11-8-12(15(2,3)16)14(19-5)13(9-11)18-4/h8-10H,6-7,17H2,1-5H3. The smallest absolute Gasteiger partial charge is 0.167 e. The third-order valence-corrected chi connectivity index (χ3v) is 3.31. The number of halogens is 1. The average Bonchev–Trinajstić information content (AvgIpc) is 2.36. The Kier molecular flexibility index (Phi) is 5.18. The van der Waals surface area contributed by atoms with Gasteiger partial charge in [0.05, 0.1) is 14.2 Å². The lowest BCUT2D eigenvalue weighted by Crippen LogP contribution is -2.13. The van der Waals surface area contributed by atoms with Crippen molar-refractivity contribution in [2.75, 3.05) is 20.8 Å². The molecule has 0 saturated carbocycles. The second-order valence-corrected chi connectivity index (χ2v) is 5.25. The van der Waals surface area contributed by atoms with Gasteiger partial charge >= 0.3 is 0 Å². The molecule has 0 bridgehead atoms. The molecule has 0 aliphatic heterocycles. The second-order valence-electron chi connectivity index (χ2n) is 5.25. The molecule has 0 saturated heterocycles. The molecular weight excluding hydrogens is 245 g/mol. The highest BCUT2D eigenvalue weighted by atomic mass is 19.1. The molecule has 0 aliphatic rings. The van der Waals surface area contributed by atoms with Crippen molar-refractivity contribution < 1.29 is 13.9 Å². The van der Waals surface area contributed by atoms with Crippen LogP contribution in [0.25, 0.3) is 0 Å². The molecule has 0 aliphatic carbocycles. The monoisotopic (exact) mass is 269 g/mol. The van der Waals surface area contributed by atoms with E-state index in [0.29, 0.717) is 23.6 Å². The number of benzene rings is 1. The second kappa shape index (κ2) is 6.24. The van der Waals surface area contributed by atoms with Crippen LogP contribution in [0, 0.1) is 0 Å². The number of hydrogen-bond acceptors (Lipinski definition) is 3. The van der Waals surface area contributed by atoms with Crippen LogP contribution in [0.5, 0.6) is 11.5 Å². The van der Waals surface area contributed by atoms with Crippen molar-refractivity contribution in [2.45, 2.75) is 38.8 Å². The number of methoxy groups -OCH3 is 2. The zero-order valence-electron chi connectivity index (χ0n) is 12.4. The van der Waals surface area contributed by atoms with Gasteiger partial charge in [-0.05, 0) is 50.4 Å². The van der Waals surface area contributed by atoms with Crippen LogP contribution in [0.3, 0.4) is 0 Å². The van der Waals surface area contributed by atoms with Crippen LogP contribution in [-0.2, 0) is 5.67 Å². The van der Waals surface area contributed by atoms with Crippen LogP contribution < -0.4 is 15.2 Å². The van der Waals surface area contributed by atoms with Crippen molar-refractivity contribution in [2.24, 2.45) is 5.73 Å². The largest absolute Gasteiger partial charge is 0.493 e. The molecule has 0 aromatic heterocycles. The van der Waals surface area contributed by atoms with Crippen molar-refractivity contribution in [3.63, 3.8) is 0 Å². The first-order chi connectivity index (χ1) is 8.85. The van der Waals surface area contributed by atoms with Gasteiger partial charge in [-0.2, -0.15) is 0 Å². The molecule has 0 fully saturated rings. The first kappa shape index (κ1) is 15.8. The predicted molar refractivity (Wildman–Crippen MR) is 75.8 cm³/mol. The van der Waals surface area contributed by atoms with Gasteiger partial charge in [0.2, 0.25) is 0 Å². The summed E-state index contributed by atoms with van der Waals surface area (Å²) in [5.41, 5.74) is 5.62. The molecule has 3 nitrogen and oxygen atoms in total. The lowest BCUT2D eigenvalue weighted by atomic mass is 9.90. The van der Waals surface area contributed by atoms with E-state index in [2.05, 4.69) is 6.92 Å². The Balaban J connectivity index is 3.38. The van der Waals surface area contributed by atoms with Gasteiger partial charge in [-0.25, -0.2) is 4.39 Å². The van der Waals surface area contributed by atoms with E-state index in [4.69, 9.17) is 15.2 Å². The summed E-state index contributed by atoms with van der Waals surface area (Å²) in [6.07, 6.45) is 0.849. The topological polar surface area (TPSA) is 44.5 Å². The Morgan fingerprint density at radius 2 is 1.89 bits per heavy atom. The van der Waals surface area contributed by atoms with Crippen LogP contribution in [0.1, 0.15) is 44.2 Å². The first-order valence-electron chi connectivity index (χ1n) is 6.50. The van der Waals surface area contributed by atoms with Gasteiger partial charge in [0, 0.05) is 5.56 Å². The fraction of sp³-hybridized carbons (Fsp3) is 0.600. The summed E-state index contributed by atoms with van der Waals surface area (Å²) in [6.45, 7) is 5.70. The Bertz CT molecular complexity index is 427. The molecule has 1 atom stereocenters. The predicted octanol–water partition coefficient (Wildman–Crippen LogP) is 3.36. The van der Waals surface area contributed by atoms with Crippen LogP contribution in [0.15, 0.2) is 12.1 Å². The van der Waals surface area contributed by atoms with Gasteiger partial charge in [-0.15, -0.1) is 0 Å². The summed E-state index contributed by atoms with van der Waals surface area (Å²) in [7, 11) is 3.08. The highest BCUT2D eigenvalue weighted by Gasteiger charge is 2.27. The Morgan fingerprint density at radius 1 is 1.26 bits per heavy atom. The minimum absolute atomic E-state index is 0.255. The van der Waals surface area contributed by atoms with Gasteiger partial charge < -0.3 is 15.2 Å². The van der Waals surface area contributed by atoms with Crippen LogP contribution in [-0.4, -0.2) is 20.8 Å². The summed E-state index contributed by atoms with van der Waals surface area (Å²) in [6, 6.07) is 3.75. The number of alkyl halides is 1. The van der Waals surface area contributed by atoms with E-state index in [9.17, 15) is 4.39 Å². The molecule has 0 heterocycles. The van der Waals surface area contributed by atoms with E-state index in [0.717, 1.165) is 12.0 Å². The fourth-order valence-electron chi connectivity index (χ4n) is 2.13. The maximum atomic E-state index is 14.4. The quantitative estimate of drug-likeness (QED) is 0.861. The molecule has 1 unspecified atom stereocenters. The number of nitrogens with two attached hydrogens (primary N) is 1. The molecule has 1 aromatic rings. The molecule has 0 radical (unpaired) electrons. The molecule has 0 amide bonds. The van der Waals surface area contributed by atoms with Crippen LogP contribution >= 0.6 is 0 Å². The molecule has 4 heteroatoms. The van der Waals surface area contributed by atoms with Gasteiger partial charge in [0.25, 0.3) is 0 Å². The molecular formula is C15H24FNO2. The van der Waals surface area contributed by atoms with Crippen LogP contribution in [0.4, 0.5) is 4.39 Å². The number of rotatable bonds is 6. The van der Waals surface area contributed by atoms with Crippen molar-refractivity contribution >= 4 is 0 Å². The zero-order valence-corrected chi connectivity index (χ0v) is 12.4. The maximum absolute atomic E-state index is 14.4. The van der Waals surface area contributed by atoms with Crippen molar-refractivity contribution in [3.05, 3.63) is 23.3 Å². The third-order valence-electron chi connectivity index (χ3n) is 3.31. The Hall–Kier alpha value is -1.29. The lowest BCUT2D eigenvalue weighted by Gasteiger charge is -2.23. The zero-order chi connectivity index (χ0) is 14.6. The van der Waals surface area contributed by atoms with E-state index in [1.807, 2.05) is 12.1 Å². The average molecular weight is 269 g/mol. The van der Waals surface area contributed by atoms with Crippen molar-refractivity contribution in [3.8, 4) is 11.5 Å². The normalized spacial score (nSPS) is 13.2. The molecule has 0 spiro atoms. The molecule has 108 valence electrons. The molecule has 19 heavy (non-hydrogen) atoms. The lowest BCUT2D eigenvalue weighted by molar-refractivity contribution is 0.211. The number of ether oxygens (including phenoxy) is 2. The van der Waals surface area contributed by atoms with E-state index >= 15 is 0 Å². The molecule has 2 N–H and O–H groups in total. The van der Waals surface area contributed by atoms with Gasteiger partial charge in [-0.3, -0.25) is 0 Å². The highest BCUT2D eigenvalue weighted by Crippen LogP contribution is 2.42. The fourth-order valence-corrected chi connectivity index (χ4v) is 2.13. The van der Waals surface area contributed by atoms with E-state index in [-0.39, 0.29) is 5.92 Å².